The van der Waals surface area contributed by atoms with Gasteiger partial charge < -0.3 is 9.47 Å². The van der Waals surface area contributed by atoms with Crippen molar-refractivity contribution in [3.05, 3.63) is 47.5 Å². The predicted molar refractivity (Wildman–Crippen MR) is 75.1 cm³/mol. The van der Waals surface area contributed by atoms with E-state index in [0.717, 1.165) is 28.7 Å². The Morgan fingerprint density at radius 2 is 1.79 bits per heavy atom. The summed E-state index contributed by atoms with van der Waals surface area (Å²) in [6.45, 7) is 1.92. The van der Waals surface area contributed by atoms with Crippen LogP contribution in [0.2, 0.25) is 0 Å². The average Bonchev–Trinajstić information content (AvgIpc) is 2.46. The van der Waals surface area contributed by atoms with Crippen molar-refractivity contribution in [2.24, 2.45) is 0 Å². The van der Waals surface area contributed by atoms with Crippen molar-refractivity contribution in [1.29, 1.82) is 0 Å². The first-order valence-corrected chi connectivity index (χ1v) is 5.98. The minimum absolute atomic E-state index is 0.545. The van der Waals surface area contributed by atoms with E-state index in [9.17, 15) is 4.79 Å². The summed E-state index contributed by atoms with van der Waals surface area (Å²) in [5.41, 5.74) is 3.37. The Labute approximate surface area is 112 Å². The lowest BCUT2D eigenvalue weighted by Crippen LogP contribution is -1.96. The van der Waals surface area contributed by atoms with Crippen molar-refractivity contribution in [3.8, 4) is 22.6 Å². The molecule has 0 amide bonds. The van der Waals surface area contributed by atoms with Crippen molar-refractivity contribution in [2.75, 3.05) is 14.2 Å². The normalized spacial score (nSPS) is 10.1. The fraction of sp³-hybridized carbons (Fsp3) is 0.188. The molecule has 3 heteroatoms. The molecule has 0 fully saturated rings. The van der Waals surface area contributed by atoms with Gasteiger partial charge in [-0.3, -0.25) is 4.79 Å². The maximum atomic E-state index is 11.2. The molecular weight excluding hydrogens is 240 g/mol. The third kappa shape index (κ3) is 2.45. The zero-order valence-corrected chi connectivity index (χ0v) is 11.3. The van der Waals surface area contributed by atoms with E-state index in [1.807, 2.05) is 43.3 Å². The number of methoxy groups -OCH3 is 2. The zero-order valence-electron chi connectivity index (χ0n) is 11.3. The quantitative estimate of drug-likeness (QED) is 0.785. The molecule has 0 unspecified atom stereocenters. The molecule has 98 valence electrons. The Bertz CT molecular complexity index is 603. The third-order valence-electron chi connectivity index (χ3n) is 3.05. The molecule has 0 radical (unpaired) electrons. The molecule has 0 heterocycles. The van der Waals surface area contributed by atoms with E-state index >= 15 is 0 Å². The SMILES string of the molecule is COc1ccccc1-c1cc(C)c(OC)c(C=O)c1. The van der Waals surface area contributed by atoms with Crippen LogP contribution >= 0.6 is 0 Å². The van der Waals surface area contributed by atoms with Crippen LogP contribution in [-0.4, -0.2) is 20.5 Å². The summed E-state index contributed by atoms with van der Waals surface area (Å²) in [7, 11) is 3.20. The van der Waals surface area contributed by atoms with E-state index in [1.165, 1.54) is 0 Å². The van der Waals surface area contributed by atoms with E-state index in [4.69, 9.17) is 9.47 Å². The molecule has 2 rings (SSSR count). The number of rotatable bonds is 4. The summed E-state index contributed by atoms with van der Waals surface area (Å²) >= 11 is 0. The summed E-state index contributed by atoms with van der Waals surface area (Å²) in [6, 6.07) is 11.5. The van der Waals surface area contributed by atoms with Crippen molar-refractivity contribution in [3.63, 3.8) is 0 Å². The van der Waals surface area contributed by atoms with Crippen molar-refractivity contribution < 1.29 is 14.3 Å². The first-order valence-electron chi connectivity index (χ1n) is 5.98. The number of hydrogen-bond donors (Lipinski definition) is 0. The lowest BCUT2D eigenvalue weighted by Gasteiger charge is -2.13. The molecule has 0 spiro atoms. The van der Waals surface area contributed by atoms with E-state index in [-0.39, 0.29) is 0 Å². The van der Waals surface area contributed by atoms with Crippen LogP contribution in [0.15, 0.2) is 36.4 Å². The Morgan fingerprint density at radius 3 is 2.42 bits per heavy atom. The summed E-state index contributed by atoms with van der Waals surface area (Å²) in [4.78, 5) is 11.2. The molecular formula is C16H16O3. The average molecular weight is 256 g/mol. The summed E-state index contributed by atoms with van der Waals surface area (Å²) in [5, 5.41) is 0. The molecule has 0 saturated carbocycles. The highest BCUT2D eigenvalue weighted by molar-refractivity contribution is 5.85. The predicted octanol–water partition coefficient (Wildman–Crippen LogP) is 3.49. The molecule has 0 bridgehead atoms. The van der Waals surface area contributed by atoms with Gasteiger partial charge in [0, 0.05) is 5.56 Å². The largest absolute Gasteiger partial charge is 0.496 e. The number of aldehydes is 1. The number of benzene rings is 2. The molecule has 2 aromatic carbocycles. The number of para-hydroxylation sites is 1. The molecule has 0 N–H and O–H groups in total. The van der Waals surface area contributed by atoms with Gasteiger partial charge >= 0.3 is 0 Å². The summed E-state index contributed by atoms with van der Waals surface area (Å²) in [6.07, 6.45) is 0.810. The highest BCUT2D eigenvalue weighted by Gasteiger charge is 2.11. The highest BCUT2D eigenvalue weighted by Crippen LogP contribution is 2.34. The highest BCUT2D eigenvalue weighted by atomic mass is 16.5. The van der Waals surface area contributed by atoms with Gasteiger partial charge in [-0.25, -0.2) is 0 Å². The minimum atomic E-state index is 0.545. The van der Waals surface area contributed by atoms with Crippen LogP contribution in [0, 0.1) is 6.92 Å². The Morgan fingerprint density at radius 1 is 1.05 bits per heavy atom. The maximum Gasteiger partial charge on any atom is 0.153 e. The lowest BCUT2D eigenvalue weighted by atomic mass is 9.99. The number of aryl methyl sites for hydroxylation is 1. The molecule has 0 saturated heterocycles. The van der Waals surface area contributed by atoms with Crippen LogP contribution in [0.5, 0.6) is 11.5 Å². The molecule has 0 aromatic heterocycles. The maximum absolute atomic E-state index is 11.2. The smallest absolute Gasteiger partial charge is 0.153 e. The van der Waals surface area contributed by atoms with Gasteiger partial charge in [-0.1, -0.05) is 18.2 Å². The van der Waals surface area contributed by atoms with Crippen molar-refractivity contribution >= 4 is 6.29 Å². The Balaban J connectivity index is 2.63. The van der Waals surface area contributed by atoms with Crippen molar-refractivity contribution in [1.82, 2.24) is 0 Å². The number of carbonyl (C=O) groups is 1. The molecule has 0 aliphatic carbocycles. The topological polar surface area (TPSA) is 35.5 Å². The van der Waals surface area contributed by atoms with E-state index in [1.54, 1.807) is 14.2 Å². The molecule has 19 heavy (non-hydrogen) atoms. The third-order valence-corrected chi connectivity index (χ3v) is 3.05. The second-order valence-corrected chi connectivity index (χ2v) is 4.23. The molecule has 2 aromatic rings. The van der Waals surface area contributed by atoms with Crippen LogP contribution in [0.4, 0.5) is 0 Å². The summed E-state index contributed by atoms with van der Waals surface area (Å²) in [5.74, 6) is 1.40. The van der Waals surface area contributed by atoms with Crippen LogP contribution in [-0.2, 0) is 0 Å². The fourth-order valence-corrected chi connectivity index (χ4v) is 2.21. The van der Waals surface area contributed by atoms with Crippen LogP contribution in [0.3, 0.4) is 0 Å². The first-order chi connectivity index (χ1) is 9.21. The van der Waals surface area contributed by atoms with Crippen LogP contribution in [0.25, 0.3) is 11.1 Å². The Hall–Kier alpha value is -2.29. The molecule has 0 aliphatic rings. The van der Waals surface area contributed by atoms with E-state index in [0.29, 0.717) is 11.3 Å². The Kier molecular flexibility index (Phi) is 3.85. The molecule has 0 aliphatic heterocycles. The zero-order chi connectivity index (χ0) is 13.8. The van der Waals surface area contributed by atoms with E-state index in [2.05, 4.69) is 0 Å². The molecule has 3 nitrogen and oxygen atoms in total. The molecule has 0 atom stereocenters. The number of hydrogen-bond acceptors (Lipinski definition) is 3. The second kappa shape index (κ2) is 5.57. The summed E-state index contributed by atoms with van der Waals surface area (Å²) < 4.78 is 10.6. The second-order valence-electron chi connectivity index (χ2n) is 4.23. The first kappa shape index (κ1) is 13.1. The van der Waals surface area contributed by atoms with Gasteiger partial charge in [-0.05, 0) is 36.2 Å². The monoisotopic (exact) mass is 256 g/mol. The standard InChI is InChI=1S/C16H16O3/c1-11-8-12(9-13(10-17)16(11)19-3)14-6-4-5-7-15(14)18-2/h4-10H,1-3H3. The van der Waals surface area contributed by atoms with Gasteiger partial charge in [0.15, 0.2) is 6.29 Å². The van der Waals surface area contributed by atoms with Gasteiger partial charge in [0.05, 0.1) is 19.8 Å². The van der Waals surface area contributed by atoms with Gasteiger partial charge in [-0.2, -0.15) is 0 Å². The van der Waals surface area contributed by atoms with Crippen molar-refractivity contribution in [2.45, 2.75) is 6.92 Å². The van der Waals surface area contributed by atoms with Gasteiger partial charge in [0.25, 0.3) is 0 Å². The number of carbonyl (C=O) groups excluding carboxylic acids is 1. The van der Waals surface area contributed by atoms with E-state index < -0.39 is 0 Å². The van der Waals surface area contributed by atoms with Crippen LogP contribution < -0.4 is 9.47 Å². The lowest BCUT2D eigenvalue weighted by molar-refractivity contribution is 0.112. The fourth-order valence-electron chi connectivity index (χ4n) is 2.21. The van der Waals surface area contributed by atoms with Gasteiger partial charge in [0.1, 0.15) is 11.5 Å². The number of ether oxygens (including phenoxy) is 2. The minimum Gasteiger partial charge on any atom is -0.496 e. The van der Waals surface area contributed by atoms with Gasteiger partial charge in [0.2, 0.25) is 0 Å². The van der Waals surface area contributed by atoms with Crippen LogP contribution in [0.1, 0.15) is 15.9 Å². The van der Waals surface area contributed by atoms with Gasteiger partial charge in [-0.15, -0.1) is 0 Å².